The van der Waals surface area contributed by atoms with E-state index >= 15 is 0 Å². The van der Waals surface area contributed by atoms with Gasteiger partial charge in [-0.15, -0.1) is 0 Å². The number of nitrogens with zero attached hydrogens (tertiary/aromatic N) is 1. The van der Waals surface area contributed by atoms with E-state index in [4.69, 9.17) is 21.1 Å². The summed E-state index contributed by atoms with van der Waals surface area (Å²) >= 11 is 10.0. The summed E-state index contributed by atoms with van der Waals surface area (Å²) in [5.41, 5.74) is 5.77. The van der Waals surface area contributed by atoms with Crippen molar-refractivity contribution in [3.63, 3.8) is 0 Å². The summed E-state index contributed by atoms with van der Waals surface area (Å²) in [5.74, 6) is -0.228. The van der Waals surface area contributed by atoms with Crippen molar-refractivity contribution in [3.8, 4) is 11.5 Å². The van der Waals surface area contributed by atoms with Crippen LogP contribution in [-0.2, 0) is 16.2 Å². The van der Waals surface area contributed by atoms with Gasteiger partial charge in [-0.1, -0.05) is 59.6 Å². The molecule has 1 fully saturated rings. The van der Waals surface area contributed by atoms with Gasteiger partial charge in [-0.3, -0.25) is 15.0 Å². The SMILES string of the molecule is COc1cc(/C=C2/C(=O)NN(c3ccccc3)C2=O)c(Br)c(Cl)c1OCc1ccc(C)cc1. The van der Waals surface area contributed by atoms with Crippen LogP contribution in [0.4, 0.5) is 5.69 Å². The summed E-state index contributed by atoms with van der Waals surface area (Å²) in [6.07, 6.45) is 1.48. The zero-order valence-electron chi connectivity index (χ0n) is 17.9. The van der Waals surface area contributed by atoms with Crippen molar-refractivity contribution in [1.82, 2.24) is 5.43 Å². The third kappa shape index (κ3) is 4.74. The van der Waals surface area contributed by atoms with Crippen molar-refractivity contribution < 1.29 is 19.1 Å². The van der Waals surface area contributed by atoms with Crippen LogP contribution >= 0.6 is 27.5 Å². The number of rotatable bonds is 6. The van der Waals surface area contributed by atoms with Crippen molar-refractivity contribution in [2.75, 3.05) is 12.1 Å². The molecule has 8 heteroatoms. The first-order valence-corrected chi connectivity index (χ1v) is 11.2. The van der Waals surface area contributed by atoms with Crippen molar-refractivity contribution in [3.05, 3.63) is 92.4 Å². The van der Waals surface area contributed by atoms with Gasteiger partial charge in [0.25, 0.3) is 11.8 Å². The Morgan fingerprint density at radius 3 is 2.45 bits per heavy atom. The van der Waals surface area contributed by atoms with Gasteiger partial charge < -0.3 is 9.47 Å². The number of ether oxygens (including phenoxy) is 2. The van der Waals surface area contributed by atoms with Crippen LogP contribution < -0.4 is 19.9 Å². The van der Waals surface area contributed by atoms with Crippen LogP contribution in [0.15, 0.2) is 70.7 Å². The largest absolute Gasteiger partial charge is 0.493 e. The lowest BCUT2D eigenvalue weighted by atomic mass is 10.1. The number of aryl methyl sites for hydroxylation is 1. The molecule has 0 atom stereocenters. The molecule has 0 aliphatic carbocycles. The van der Waals surface area contributed by atoms with Gasteiger partial charge in [0.05, 0.1) is 12.8 Å². The highest BCUT2D eigenvalue weighted by Gasteiger charge is 2.34. The lowest BCUT2D eigenvalue weighted by molar-refractivity contribution is -0.117. The second-order valence-electron chi connectivity index (χ2n) is 7.37. The molecule has 6 nitrogen and oxygen atoms in total. The van der Waals surface area contributed by atoms with Crippen LogP contribution in [0.5, 0.6) is 11.5 Å². The molecule has 3 aromatic rings. The van der Waals surface area contributed by atoms with Crippen molar-refractivity contribution in [2.45, 2.75) is 13.5 Å². The van der Waals surface area contributed by atoms with Gasteiger partial charge in [-0.25, -0.2) is 5.01 Å². The van der Waals surface area contributed by atoms with Gasteiger partial charge in [0.2, 0.25) is 0 Å². The van der Waals surface area contributed by atoms with Crippen LogP contribution in [0.25, 0.3) is 6.08 Å². The van der Waals surface area contributed by atoms with Gasteiger partial charge in [0.15, 0.2) is 11.5 Å². The maximum absolute atomic E-state index is 12.9. The molecule has 1 aliphatic heterocycles. The summed E-state index contributed by atoms with van der Waals surface area (Å²) in [6.45, 7) is 2.32. The van der Waals surface area contributed by atoms with Crippen molar-refractivity contribution >= 4 is 51.1 Å². The van der Waals surface area contributed by atoms with Crippen LogP contribution in [-0.4, -0.2) is 18.9 Å². The summed E-state index contributed by atoms with van der Waals surface area (Å²) in [7, 11) is 1.50. The quantitative estimate of drug-likeness (QED) is 0.341. The van der Waals surface area contributed by atoms with E-state index in [1.54, 1.807) is 30.3 Å². The molecule has 0 unspecified atom stereocenters. The Morgan fingerprint density at radius 2 is 1.79 bits per heavy atom. The molecule has 3 aromatic carbocycles. The monoisotopic (exact) mass is 526 g/mol. The molecule has 1 heterocycles. The van der Waals surface area contributed by atoms with E-state index in [1.165, 1.54) is 18.2 Å². The Balaban J connectivity index is 1.64. The molecule has 0 radical (unpaired) electrons. The maximum atomic E-state index is 12.9. The van der Waals surface area contributed by atoms with Gasteiger partial charge >= 0.3 is 0 Å². The highest BCUT2D eigenvalue weighted by Crippen LogP contribution is 2.43. The molecule has 0 aromatic heterocycles. The third-order valence-electron chi connectivity index (χ3n) is 5.09. The molecule has 2 amide bonds. The number of carbonyl (C=O) groups is 2. The predicted molar refractivity (Wildman–Crippen MR) is 131 cm³/mol. The fourth-order valence-corrected chi connectivity index (χ4v) is 3.97. The minimum Gasteiger partial charge on any atom is -0.493 e. The molecule has 1 N–H and O–H groups in total. The smallest absolute Gasteiger partial charge is 0.282 e. The van der Waals surface area contributed by atoms with Gasteiger partial charge in [0.1, 0.15) is 17.2 Å². The summed E-state index contributed by atoms with van der Waals surface area (Å²) in [5, 5.41) is 1.49. The molecule has 0 saturated carbocycles. The van der Waals surface area contributed by atoms with E-state index in [1.807, 2.05) is 37.3 Å². The summed E-state index contributed by atoms with van der Waals surface area (Å²) < 4.78 is 11.9. The summed E-state index contributed by atoms with van der Waals surface area (Å²) in [4.78, 5) is 25.4. The number of hydrogen-bond donors (Lipinski definition) is 1. The number of halogens is 2. The lowest BCUT2D eigenvalue weighted by Gasteiger charge is -2.15. The zero-order valence-corrected chi connectivity index (χ0v) is 20.2. The van der Waals surface area contributed by atoms with Crippen LogP contribution in [0.1, 0.15) is 16.7 Å². The number of hydrazine groups is 1. The Kier molecular flexibility index (Phi) is 6.72. The van der Waals surface area contributed by atoms with Gasteiger partial charge in [-0.2, -0.15) is 0 Å². The summed E-state index contributed by atoms with van der Waals surface area (Å²) in [6, 6.07) is 18.5. The molecule has 4 rings (SSSR count). The molecular weight excluding hydrogens is 508 g/mol. The second kappa shape index (κ2) is 9.68. The number of nitrogens with one attached hydrogen (secondary N) is 1. The number of para-hydroxylation sites is 1. The van der Waals surface area contributed by atoms with Gasteiger partial charge in [0, 0.05) is 4.47 Å². The van der Waals surface area contributed by atoms with E-state index in [-0.39, 0.29) is 10.6 Å². The van der Waals surface area contributed by atoms with Crippen molar-refractivity contribution in [1.29, 1.82) is 0 Å². The number of amides is 2. The lowest BCUT2D eigenvalue weighted by Crippen LogP contribution is -2.35. The second-order valence-corrected chi connectivity index (χ2v) is 8.55. The Morgan fingerprint density at radius 1 is 1.09 bits per heavy atom. The van der Waals surface area contributed by atoms with E-state index in [2.05, 4.69) is 21.4 Å². The first kappa shape index (κ1) is 22.9. The van der Waals surface area contributed by atoms with E-state index in [9.17, 15) is 9.59 Å². The third-order valence-corrected chi connectivity index (χ3v) is 6.53. The fourth-order valence-electron chi connectivity index (χ4n) is 3.31. The number of hydrogen-bond acceptors (Lipinski definition) is 4. The van der Waals surface area contributed by atoms with E-state index < -0.39 is 11.8 Å². The first-order chi connectivity index (χ1) is 15.9. The average Bonchev–Trinajstić information content (AvgIpc) is 3.11. The number of carbonyl (C=O) groups excluding carboxylic acids is 2. The number of anilines is 1. The predicted octanol–water partition coefficient (Wildman–Crippen LogP) is 5.46. The molecule has 0 spiro atoms. The molecule has 1 aliphatic rings. The fraction of sp³-hybridized carbons (Fsp3) is 0.120. The highest BCUT2D eigenvalue weighted by atomic mass is 79.9. The number of methoxy groups -OCH3 is 1. The average molecular weight is 528 g/mol. The minimum atomic E-state index is -0.509. The first-order valence-electron chi connectivity index (χ1n) is 10.1. The molecule has 33 heavy (non-hydrogen) atoms. The van der Waals surface area contributed by atoms with Crippen LogP contribution in [0.2, 0.25) is 5.02 Å². The minimum absolute atomic E-state index is 0.0222. The van der Waals surface area contributed by atoms with Crippen molar-refractivity contribution in [2.24, 2.45) is 0 Å². The topological polar surface area (TPSA) is 67.9 Å². The molecule has 168 valence electrons. The van der Waals surface area contributed by atoms with E-state index in [0.29, 0.717) is 33.8 Å². The normalized spacial score (nSPS) is 14.5. The Bertz CT molecular complexity index is 1240. The zero-order chi connectivity index (χ0) is 23.5. The number of benzene rings is 3. The maximum Gasteiger partial charge on any atom is 0.282 e. The van der Waals surface area contributed by atoms with Gasteiger partial charge in [-0.05, 0) is 58.3 Å². The Hall–Kier alpha value is -3.29. The van der Waals surface area contributed by atoms with E-state index in [0.717, 1.165) is 11.1 Å². The molecular formula is C25H20BrClN2O4. The van der Waals surface area contributed by atoms with Crippen LogP contribution in [0, 0.1) is 6.92 Å². The van der Waals surface area contributed by atoms with Crippen LogP contribution in [0.3, 0.4) is 0 Å². The standard InChI is InChI=1S/C25H20BrClN2O4/c1-15-8-10-16(11-9-15)14-33-23-20(32-2)13-17(21(26)22(23)27)12-19-24(30)28-29(25(19)31)18-6-4-3-5-7-18/h3-13H,14H2,1-2H3,(H,28,30)/b19-12-. The molecule has 0 bridgehead atoms. The Labute approximate surface area is 204 Å². The molecule has 1 saturated heterocycles. The highest BCUT2D eigenvalue weighted by molar-refractivity contribution is 9.10.